The summed E-state index contributed by atoms with van der Waals surface area (Å²) < 4.78 is 5.12. The van der Waals surface area contributed by atoms with Gasteiger partial charge in [-0.2, -0.15) is 0 Å². The maximum atomic E-state index is 12.7. The van der Waals surface area contributed by atoms with Crippen molar-refractivity contribution in [2.45, 2.75) is 32.7 Å². The second-order valence-electron chi connectivity index (χ2n) is 7.53. The van der Waals surface area contributed by atoms with E-state index in [0.29, 0.717) is 43.8 Å². The van der Waals surface area contributed by atoms with E-state index in [9.17, 15) is 14.4 Å². The number of likely N-dealkylation sites (tertiary alicyclic amines) is 1. The van der Waals surface area contributed by atoms with E-state index in [-0.39, 0.29) is 29.6 Å². The summed E-state index contributed by atoms with van der Waals surface area (Å²) in [6.07, 6.45) is 2.92. The molecule has 2 N–H and O–H groups in total. The van der Waals surface area contributed by atoms with Crippen LogP contribution in [-0.2, 0) is 9.59 Å². The summed E-state index contributed by atoms with van der Waals surface area (Å²) in [5.41, 5.74) is 0.458. The third kappa shape index (κ3) is 6.07. The van der Waals surface area contributed by atoms with Gasteiger partial charge < -0.3 is 20.3 Å². The number of carbonyl (C=O) groups excluding carboxylic acids is 3. The lowest BCUT2D eigenvalue weighted by Gasteiger charge is -2.36. The van der Waals surface area contributed by atoms with Gasteiger partial charge >= 0.3 is 0 Å². The van der Waals surface area contributed by atoms with Crippen LogP contribution >= 0.6 is 0 Å². The highest BCUT2D eigenvalue weighted by Gasteiger charge is 2.34. The molecular weight excluding hydrogens is 370 g/mol. The molecule has 3 amide bonds. The Balaban J connectivity index is 2.08. The second-order valence-corrected chi connectivity index (χ2v) is 7.53. The predicted molar refractivity (Wildman–Crippen MR) is 112 cm³/mol. The van der Waals surface area contributed by atoms with E-state index in [4.69, 9.17) is 4.74 Å². The average Bonchev–Trinajstić information content (AvgIpc) is 2.75. The first-order valence-corrected chi connectivity index (χ1v) is 9.99. The standard InChI is InChI=1S/C22H31N3O4/c1-5-12-23-21(27)19(16-10-13-25(14-11-16)22(28)15(2)3)24-20(26)17-6-8-18(29-4)9-7-17/h5-9,15-16,19H,1,10-14H2,2-4H3,(H,23,27)(H,24,26). The number of piperidine rings is 1. The van der Waals surface area contributed by atoms with Gasteiger partial charge in [-0.25, -0.2) is 0 Å². The molecule has 0 saturated carbocycles. The van der Waals surface area contributed by atoms with Crippen LogP contribution in [0.4, 0.5) is 0 Å². The Morgan fingerprint density at radius 2 is 1.83 bits per heavy atom. The van der Waals surface area contributed by atoms with Crippen LogP contribution in [0.5, 0.6) is 5.75 Å². The smallest absolute Gasteiger partial charge is 0.251 e. The van der Waals surface area contributed by atoms with Crippen molar-refractivity contribution in [1.29, 1.82) is 0 Å². The van der Waals surface area contributed by atoms with Gasteiger partial charge in [-0.15, -0.1) is 6.58 Å². The Bertz CT molecular complexity index is 722. The maximum Gasteiger partial charge on any atom is 0.251 e. The number of methoxy groups -OCH3 is 1. The highest BCUT2D eigenvalue weighted by atomic mass is 16.5. The van der Waals surface area contributed by atoms with Crippen molar-refractivity contribution < 1.29 is 19.1 Å². The van der Waals surface area contributed by atoms with E-state index in [0.717, 1.165) is 0 Å². The van der Waals surface area contributed by atoms with Crippen LogP contribution in [0.1, 0.15) is 37.0 Å². The normalized spacial score (nSPS) is 15.5. The van der Waals surface area contributed by atoms with Crippen molar-refractivity contribution in [3.63, 3.8) is 0 Å². The molecule has 1 unspecified atom stereocenters. The number of nitrogens with one attached hydrogen (secondary N) is 2. The molecule has 1 atom stereocenters. The molecule has 0 radical (unpaired) electrons. The number of ether oxygens (including phenoxy) is 1. The lowest BCUT2D eigenvalue weighted by molar-refractivity contribution is -0.136. The third-order valence-corrected chi connectivity index (χ3v) is 5.16. The van der Waals surface area contributed by atoms with Gasteiger partial charge in [-0.3, -0.25) is 14.4 Å². The lowest BCUT2D eigenvalue weighted by atomic mass is 9.88. The van der Waals surface area contributed by atoms with Crippen molar-refractivity contribution in [2.75, 3.05) is 26.7 Å². The number of nitrogens with zero attached hydrogens (tertiary/aromatic N) is 1. The molecule has 1 fully saturated rings. The minimum Gasteiger partial charge on any atom is -0.497 e. The van der Waals surface area contributed by atoms with Crippen LogP contribution in [-0.4, -0.2) is 55.4 Å². The summed E-state index contributed by atoms with van der Waals surface area (Å²) >= 11 is 0. The first kappa shape index (κ1) is 22.5. The van der Waals surface area contributed by atoms with Crippen molar-refractivity contribution in [2.24, 2.45) is 11.8 Å². The largest absolute Gasteiger partial charge is 0.497 e. The summed E-state index contributed by atoms with van der Waals surface area (Å²) in [7, 11) is 1.56. The van der Waals surface area contributed by atoms with Gasteiger partial charge in [-0.1, -0.05) is 19.9 Å². The fraction of sp³-hybridized carbons (Fsp3) is 0.500. The quantitative estimate of drug-likeness (QED) is 0.652. The minimum atomic E-state index is -0.666. The molecule has 1 aliphatic heterocycles. The number of rotatable bonds is 8. The Labute approximate surface area is 172 Å². The van der Waals surface area contributed by atoms with E-state index in [1.807, 2.05) is 18.7 Å². The minimum absolute atomic E-state index is 0.0433. The molecule has 2 rings (SSSR count). The second kappa shape index (κ2) is 10.6. The van der Waals surface area contributed by atoms with Crippen LogP contribution in [0, 0.1) is 11.8 Å². The van der Waals surface area contributed by atoms with E-state index in [1.165, 1.54) is 0 Å². The molecule has 0 bridgehead atoms. The third-order valence-electron chi connectivity index (χ3n) is 5.16. The Hall–Kier alpha value is -2.83. The zero-order valence-electron chi connectivity index (χ0n) is 17.4. The highest BCUT2D eigenvalue weighted by molar-refractivity contribution is 5.97. The fourth-order valence-electron chi connectivity index (χ4n) is 3.47. The van der Waals surface area contributed by atoms with Gasteiger partial charge in [0.05, 0.1) is 7.11 Å². The molecule has 1 aromatic carbocycles. The maximum absolute atomic E-state index is 12.7. The van der Waals surface area contributed by atoms with Gasteiger partial charge in [0.1, 0.15) is 11.8 Å². The highest BCUT2D eigenvalue weighted by Crippen LogP contribution is 2.23. The van der Waals surface area contributed by atoms with Crippen LogP contribution in [0.3, 0.4) is 0 Å². The monoisotopic (exact) mass is 401 g/mol. The van der Waals surface area contributed by atoms with Crippen LogP contribution < -0.4 is 15.4 Å². The number of carbonyl (C=O) groups is 3. The molecule has 1 aliphatic rings. The van der Waals surface area contributed by atoms with E-state index in [2.05, 4.69) is 17.2 Å². The molecular formula is C22H31N3O4. The Morgan fingerprint density at radius 1 is 1.21 bits per heavy atom. The van der Waals surface area contributed by atoms with Crippen molar-refractivity contribution in [3.05, 3.63) is 42.5 Å². The average molecular weight is 402 g/mol. The number of hydrogen-bond donors (Lipinski definition) is 2. The molecule has 0 spiro atoms. The van der Waals surface area contributed by atoms with Gasteiger partial charge in [0.15, 0.2) is 0 Å². The molecule has 0 aliphatic carbocycles. The van der Waals surface area contributed by atoms with E-state index >= 15 is 0 Å². The summed E-state index contributed by atoms with van der Waals surface area (Å²) in [5, 5.41) is 5.67. The van der Waals surface area contributed by atoms with Crippen molar-refractivity contribution >= 4 is 17.7 Å². The molecule has 7 nitrogen and oxygen atoms in total. The van der Waals surface area contributed by atoms with E-state index in [1.54, 1.807) is 37.5 Å². The van der Waals surface area contributed by atoms with Crippen LogP contribution in [0.15, 0.2) is 36.9 Å². The molecule has 7 heteroatoms. The zero-order chi connectivity index (χ0) is 21.4. The summed E-state index contributed by atoms with van der Waals surface area (Å²) in [5.74, 6) is 0.140. The summed E-state index contributed by atoms with van der Waals surface area (Å²) in [6, 6.07) is 6.07. The predicted octanol–water partition coefficient (Wildman–Crippen LogP) is 1.99. The molecule has 1 saturated heterocycles. The van der Waals surface area contributed by atoms with Crippen molar-refractivity contribution in [1.82, 2.24) is 15.5 Å². The first-order chi connectivity index (χ1) is 13.9. The van der Waals surface area contributed by atoms with Gasteiger partial charge in [-0.05, 0) is 43.0 Å². The first-order valence-electron chi connectivity index (χ1n) is 9.99. The SMILES string of the molecule is C=CCNC(=O)C(NC(=O)c1ccc(OC)cc1)C1CCN(C(=O)C(C)C)CC1. The topological polar surface area (TPSA) is 87.7 Å². The Kier molecular flexibility index (Phi) is 8.24. The van der Waals surface area contributed by atoms with E-state index < -0.39 is 6.04 Å². The molecule has 158 valence electrons. The number of benzene rings is 1. The van der Waals surface area contributed by atoms with Gasteiger partial charge in [0, 0.05) is 31.1 Å². The van der Waals surface area contributed by atoms with Crippen LogP contribution in [0.2, 0.25) is 0 Å². The zero-order valence-corrected chi connectivity index (χ0v) is 17.4. The summed E-state index contributed by atoms with van der Waals surface area (Å²) in [6.45, 7) is 8.89. The van der Waals surface area contributed by atoms with Gasteiger partial charge in [0.2, 0.25) is 11.8 Å². The number of hydrogen-bond acceptors (Lipinski definition) is 4. The number of amides is 3. The molecule has 0 aromatic heterocycles. The van der Waals surface area contributed by atoms with Gasteiger partial charge in [0.25, 0.3) is 5.91 Å². The Morgan fingerprint density at radius 3 is 2.34 bits per heavy atom. The fourth-order valence-corrected chi connectivity index (χ4v) is 3.47. The van der Waals surface area contributed by atoms with Crippen molar-refractivity contribution in [3.8, 4) is 5.75 Å². The molecule has 29 heavy (non-hydrogen) atoms. The molecule has 1 aromatic rings. The lowest BCUT2D eigenvalue weighted by Crippen LogP contribution is -2.54. The molecule has 1 heterocycles. The van der Waals surface area contributed by atoms with Crippen LogP contribution in [0.25, 0.3) is 0 Å². The summed E-state index contributed by atoms with van der Waals surface area (Å²) in [4.78, 5) is 39.5.